The van der Waals surface area contributed by atoms with Crippen LogP contribution in [0.1, 0.15) is 16.7 Å². The van der Waals surface area contributed by atoms with E-state index < -0.39 is 0 Å². The highest BCUT2D eigenvalue weighted by Crippen LogP contribution is 2.27. The highest BCUT2D eigenvalue weighted by molar-refractivity contribution is 14.0. The Labute approximate surface area is 185 Å². The normalized spacial score (nSPS) is 11.0. The summed E-state index contributed by atoms with van der Waals surface area (Å²) in [7, 11) is 9.19. The second-order valence-electron chi connectivity index (χ2n) is 6.52. The van der Waals surface area contributed by atoms with E-state index in [4.69, 9.17) is 9.47 Å². The van der Waals surface area contributed by atoms with Crippen LogP contribution in [-0.4, -0.2) is 46.2 Å². The minimum Gasteiger partial charge on any atom is -0.493 e. The van der Waals surface area contributed by atoms with E-state index >= 15 is 0 Å². The molecule has 0 unspecified atom stereocenters. The van der Waals surface area contributed by atoms with E-state index in [1.54, 1.807) is 21.3 Å². The molecule has 0 saturated carbocycles. The van der Waals surface area contributed by atoms with E-state index in [1.165, 1.54) is 11.1 Å². The Morgan fingerprint density at radius 1 is 0.857 bits per heavy atom. The van der Waals surface area contributed by atoms with Gasteiger partial charge in [0, 0.05) is 26.7 Å². The predicted octanol–water partition coefficient (Wildman–Crippen LogP) is 3.25. The number of guanidine groups is 1. The first-order chi connectivity index (χ1) is 13.0. The van der Waals surface area contributed by atoms with Crippen molar-refractivity contribution in [2.45, 2.75) is 19.6 Å². The van der Waals surface area contributed by atoms with Gasteiger partial charge < -0.3 is 25.0 Å². The number of hydrogen-bond acceptors (Lipinski definition) is 4. The van der Waals surface area contributed by atoms with Crippen molar-refractivity contribution in [1.82, 2.24) is 15.5 Å². The molecule has 0 spiro atoms. The molecule has 0 saturated heterocycles. The van der Waals surface area contributed by atoms with Crippen LogP contribution in [0.5, 0.6) is 11.5 Å². The molecule has 2 N–H and O–H groups in total. The highest BCUT2D eigenvalue weighted by Gasteiger charge is 2.05. The van der Waals surface area contributed by atoms with Crippen LogP contribution in [0, 0.1) is 0 Å². The fraction of sp³-hybridized carbons (Fsp3) is 0.381. The summed E-state index contributed by atoms with van der Waals surface area (Å²) in [5.41, 5.74) is 3.61. The lowest BCUT2D eigenvalue weighted by Crippen LogP contribution is -2.36. The fourth-order valence-electron chi connectivity index (χ4n) is 2.71. The number of halogens is 1. The molecule has 6 nitrogen and oxygen atoms in total. The summed E-state index contributed by atoms with van der Waals surface area (Å²) in [6.45, 7) is 2.30. The molecule has 0 amide bonds. The van der Waals surface area contributed by atoms with E-state index in [9.17, 15) is 0 Å². The molecule has 0 aliphatic carbocycles. The quantitative estimate of drug-likeness (QED) is 0.333. The molecule has 154 valence electrons. The van der Waals surface area contributed by atoms with Crippen LogP contribution in [-0.2, 0) is 19.6 Å². The van der Waals surface area contributed by atoms with Gasteiger partial charge in [-0.15, -0.1) is 24.0 Å². The Morgan fingerprint density at radius 2 is 1.39 bits per heavy atom. The van der Waals surface area contributed by atoms with Crippen molar-refractivity contribution in [1.29, 1.82) is 0 Å². The molecule has 0 bridgehead atoms. The minimum atomic E-state index is 0. The van der Waals surface area contributed by atoms with Crippen LogP contribution in [0.25, 0.3) is 0 Å². The zero-order valence-corrected chi connectivity index (χ0v) is 19.6. The Balaban J connectivity index is 0.00000392. The van der Waals surface area contributed by atoms with E-state index in [1.807, 2.05) is 18.2 Å². The van der Waals surface area contributed by atoms with Gasteiger partial charge in [0.1, 0.15) is 0 Å². The van der Waals surface area contributed by atoms with Crippen molar-refractivity contribution >= 4 is 29.9 Å². The van der Waals surface area contributed by atoms with Gasteiger partial charge in [-0.3, -0.25) is 4.99 Å². The third-order valence-electron chi connectivity index (χ3n) is 4.11. The summed E-state index contributed by atoms with van der Waals surface area (Å²) >= 11 is 0. The van der Waals surface area contributed by atoms with E-state index in [2.05, 4.69) is 58.9 Å². The molecule has 2 aromatic carbocycles. The zero-order valence-electron chi connectivity index (χ0n) is 17.3. The van der Waals surface area contributed by atoms with E-state index in [0.717, 1.165) is 29.6 Å². The third-order valence-corrected chi connectivity index (χ3v) is 4.11. The predicted molar refractivity (Wildman–Crippen MR) is 126 cm³/mol. The van der Waals surface area contributed by atoms with Crippen LogP contribution >= 0.6 is 24.0 Å². The first-order valence-corrected chi connectivity index (χ1v) is 8.93. The van der Waals surface area contributed by atoms with Crippen molar-refractivity contribution in [3.63, 3.8) is 0 Å². The zero-order chi connectivity index (χ0) is 19.6. The number of rotatable bonds is 8. The van der Waals surface area contributed by atoms with Gasteiger partial charge in [0.15, 0.2) is 17.5 Å². The van der Waals surface area contributed by atoms with Crippen LogP contribution < -0.4 is 20.1 Å². The van der Waals surface area contributed by atoms with Gasteiger partial charge in [-0.1, -0.05) is 30.3 Å². The highest BCUT2D eigenvalue weighted by atomic mass is 127. The number of methoxy groups -OCH3 is 2. The Kier molecular flexibility index (Phi) is 10.7. The van der Waals surface area contributed by atoms with Crippen LogP contribution in [0.3, 0.4) is 0 Å². The van der Waals surface area contributed by atoms with E-state index in [0.29, 0.717) is 13.1 Å². The summed E-state index contributed by atoms with van der Waals surface area (Å²) in [4.78, 5) is 6.44. The molecule has 2 aromatic rings. The molecule has 0 aromatic heterocycles. The number of aliphatic imine (C=N–C) groups is 1. The second-order valence-corrected chi connectivity index (χ2v) is 6.52. The first kappa shape index (κ1) is 24.0. The number of hydrogen-bond donors (Lipinski definition) is 2. The number of nitrogens with zero attached hydrogens (tertiary/aromatic N) is 2. The lowest BCUT2D eigenvalue weighted by atomic mass is 10.1. The van der Waals surface area contributed by atoms with Gasteiger partial charge >= 0.3 is 0 Å². The maximum atomic E-state index is 5.35. The first-order valence-electron chi connectivity index (χ1n) is 8.93. The van der Waals surface area contributed by atoms with Crippen LogP contribution in [0.4, 0.5) is 0 Å². The van der Waals surface area contributed by atoms with Crippen LogP contribution in [0.15, 0.2) is 47.5 Å². The van der Waals surface area contributed by atoms with Crippen molar-refractivity contribution in [2.24, 2.45) is 4.99 Å². The lowest BCUT2D eigenvalue weighted by Gasteiger charge is -2.14. The summed E-state index contributed by atoms with van der Waals surface area (Å²) in [5.74, 6) is 2.20. The van der Waals surface area contributed by atoms with Crippen LogP contribution in [0.2, 0.25) is 0 Å². The summed E-state index contributed by atoms with van der Waals surface area (Å²) in [5, 5.41) is 6.66. The number of ether oxygens (including phenoxy) is 2. The smallest absolute Gasteiger partial charge is 0.191 e. The van der Waals surface area contributed by atoms with Crippen molar-refractivity contribution in [3.8, 4) is 11.5 Å². The van der Waals surface area contributed by atoms with Gasteiger partial charge in [0.2, 0.25) is 0 Å². The molecule has 0 atom stereocenters. The van der Waals surface area contributed by atoms with E-state index in [-0.39, 0.29) is 24.0 Å². The average Bonchev–Trinajstić information content (AvgIpc) is 2.68. The molecule has 0 heterocycles. The molecule has 0 radical (unpaired) electrons. The largest absolute Gasteiger partial charge is 0.493 e. The van der Waals surface area contributed by atoms with Gasteiger partial charge in [-0.05, 0) is 42.9 Å². The molecule has 2 rings (SSSR count). The van der Waals surface area contributed by atoms with Gasteiger partial charge in [-0.2, -0.15) is 0 Å². The topological polar surface area (TPSA) is 58.1 Å². The monoisotopic (exact) mass is 498 g/mol. The number of benzene rings is 2. The second kappa shape index (κ2) is 12.5. The molecule has 0 aliphatic heterocycles. The third kappa shape index (κ3) is 7.55. The fourth-order valence-corrected chi connectivity index (χ4v) is 2.71. The van der Waals surface area contributed by atoms with Crippen molar-refractivity contribution < 1.29 is 9.47 Å². The van der Waals surface area contributed by atoms with Crippen molar-refractivity contribution in [3.05, 3.63) is 59.2 Å². The van der Waals surface area contributed by atoms with Gasteiger partial charge in [-0.25, -0.2) is 0 Å². The molecule has 0 fully saturated rings. The Hall–Kier alpha value is -2.00. The molecule has 28 heavy (non-hydrogen) atoms. The average molecular weight is 498 g/mol. The maximum Gasteiger partial charge on any atom is 0.191 e. The molecular formula is C21H31IN4O2. The minimum absolute atomic E-state index is 0. The molecular weight excluding hydrogens is 467 g/mol. The Morgan fingerprint density at radius 3 is 1.93 bits per heavy atom. The van der Waals surface area contributed by atoms with Gasteiger partial charge in [0.25, 0.3) is 0 Å². The summed E-state index contributed by atoms with van der Waals surface area (Å²) in [6.07, 6.45) is 0. The molecule has 7 heteroatoms. The number of nitrogens with one attached hydrogen (secondary N) is 2. The summed E-state index contributed by atoms with van der Waals surface area (Å²) in [6, 6.07) is 14.5. The maximum absolute atomic E-state index is 5.35. The SMILES string of the molecule is CN=C(NCc1ccc(CN(C)C)cc1)NCc1ccc(OC)c(OC)c1.I. The summed E-state index contributed by atoms with van der Waals surface area (Å²) < 4.78 is 10.6. The standard InChI is InChI=1S/C21H30N4O2.HI/c1-22-21(23-13-16-6-8-17(9-7-16)15-25(2)3)24-14-18-10-11-19(26-4)20(12-18)27-5;/h6-12H,13-15H2,1-5H3,(H2,22,23,24);1H. The van der Waals surface area contributed by atoms with Crippen molar-refractivity contribution in [2.75, 3.05) is 35.4 Å². The molecule has 0 aliphatic rings. The lowest BCUT2D eigenvalue weighted by molar-refractivity contribution is 0.354. The Bertz CT molecular complexity index is 749. The van der Waals surface area contributed by atoms with Gasteiger partial charge in [0.05, 0.1) is 14.2 Å².